The van der Waals surface area contributed by atoms with Gasteiger partial charge in [0.1, 0.15) is 0 Å². The van der Waals surface area contributed by atoms with E-state index in [4.69, 9.17) is 0 Å². The molecule has 0 aromatic rings. The minimum absolute atomic E-state index is 0.141. The molecular formula is C18H38N3O2+. The van der Waals surface area contributed by atoms with E-state index in [1.54, 1.807) is 0 Å². The van der Waals surface area contributed by atoms with E-state index in [9.17, 15) is 10.0 Å². The summed E-state index contributed by atoms with van der Waals surface area (Å²) in [5.41, 5.74) is -0.630. The van der Waals surface area contributed by atoms with Crippen molar-refractivity contribution in [2.75, 3.05) is 27.7 Å². The highest BCUT2D eigenvalue weighted by Gasteiger charge is 2.45. The minimum Gasteiger partial charge on any atom is -0.353 e. The lowest BCUT2D eigenvalue weighted by molar-refractivity contribution is -0.870. The average Bonchev–Trinajstić information content (AvgIpc) is 2.33. The molecule has 5 heteroatoms. The number of hydrogen-bond donors (Lipinski definition) is 2. The molecule has 2 N–H and O–H groups in total. The van der Waals surface area contributed by atoms with Crippen LogP contribution >= 0.6 is 0 Å². The Morgan fingerprint density at radius 2 is 1.61 bits per heavy atom. The number of nitrogens with one attached hydrogen (secondary N) is 1. The zero-order chi connectivity index (χ0) is 17.9. The summed E-state index contributed by atoms with van der Waals surface area (Å²) in [4.78, 5) is 12.2. The molecule has 0 saturated carbocycles. The van der Waals surface area contributed by atoms with E-state index < -0.39 is 0 Å². The summed E-state index contributed by atoms with van der Waals surface area (Å²) in [6, 6.07) is 0.141. The molecule has 5 nitrogen and oxygen atoms in total. The topological polar surface area (TPSA) is 52.6 Å². The third kappa shape index (κ3) is 6.77. The van der Waals surface area contributed by atoms with Crippen LogP contribution in [0.15, 0.2) is 0 Å². The van der Waals surface area contributed by atoms with E-state index in [1.165, 1.54) is 11.5 Å². The maximum atomic E-state index is 12.2. The van der Waals surface area contributed by atoms with Crippen LogP contribution in [-0.4, -0.2) is 65.5 Å². The standard InChI is InChI=1S/C18H37N3O2/c1-17(2)13-15(14-18(3,4)20(17)23)19-16(22)11-9-8-10-12-21(5,6)7/h15,23H,8-14H2,1-7H3/p+1. The molecule has 0 aromatic carbocycles. The molecule has 1 aliphatic rings. The summed E-state index contributed by atoms with van der Waals surface area (Å²) < 4.78 is 0.982. The Hall–Kier alpha value is -0.650. The average molecular weight is 329 g/mol. The van der Waals surface area contributed by atoms with Crippen molar-refractivity contribution in [3.63, 3.8) is 0 Å². The van der Waals surface area contributed by atoms with Crippen molar-refractivity contribution in [2.24, 2.45) is 0 Å². The lowest BCUT2D eigenvalue weighted by atomic mass is 9.79. The van der Waals surface area contributed by atoms with Gasteiger partial charge in [0.15, 0.2) is 0 Å². The summed E-state index contributed by atoms with van der Waals surface area (Å²) in [7, 11) is 6.59. The Morgan fingerprint density at radius 3 is 2.09 bits per heavy atom. The molecule has 0 aliphatic carbocycles. The molecule has 23 heavy (non-hydrogen) atoms. The summed E-state index contributed by atoms with van der Waals surface area (Å²) >= 11 is 0. The van der Waals surface area contributed by atoms with Crippen LogP contribution in [0, 0.1) is 0 Å². The Morgan fingerprint density at radius 1 is 1.09 bits per heavy atom. The Balaban J connectivity index is 2.34. The molecule has 0 radical (unpaired) electrons. The molecule has 1 amide bonds. The first kappa shape index (κ1) is 20.4. The molecule has 136 valence electrons. The largest absolute Gasteiger partial charge is 0.353 e. The van der Waals surface area contributed by atoms with Crippen molar-refractivity contribution < 1.29 is 14.5 Å². The SMILES string of the molecule is CC1(C)CC(NC(=O)CCCCC[N+](C)(C)C)CC(C)(C)N1O. The maximum Gasteiger partial charge on any atom is 0.220 e. The molecule has 0 aromatic heterocycles. The summed E-state index contributed by atoms with van der Waals surface area (Å²) in [6.07, 6.45) is 5.39. The predicted octanol–water partition coefficient (Wildman–Crippen LogP) is 2.78. The molecule has 1 fully saturated rings. The molecule has 1 rings (SSSR count). The molecule has 0 unspecified atom stereocenters. The molecule has 0 spiro atoms. The number of rotatable bonds is 7. The van der Waals surface area contributed by atoms with Gasteiger partial charge < -0.3 is 15.0 Å². The smallest absolute Gasteiger partial charge is 0.220 e. The minimum atomic E-state index is -0.315. The monoisotopic (exact) mass is 328 g/mol. The van der Waals surface area contributed by atoms with Gasteiger partial charge in [-0.1, -0.05) is 0 Å². The van der Waals surface area contributed by atoms with Gasteiger partial charge in [-0.3, -0.25) is 4.79 Å². The number of unbranched alkanes of at least 4 members (excludes halogenated alkanes) is 2. The number of quaternary nitrogens is 1. The predicted molar refractivity (Wildman–Crippen MR) is 94.3 cm³/mol. The van der Waals surface area contributed by atoms with Crippen molar-refractivity contribution in [3.8, 4) is 0 Å². The zero-order valence-electron chi connectivity index (χ0n) is 16.3. The van der Waals surface area contributed by atoms with E-state index in [2.05, 4.69) is 26.5 Å². The Labute approximate surface area is 142 Å². The fourth-order valence-electron chi connectivity index (χ4n) is 3.72. The van der Waals surface area contributed by atoms with Crippen molar-refractivity contribution in [3.05, 3.63) is 0 Å². The van der Waals surface area contributed by atoms with Crippen LogP contribution in [-0.2, 0) is 4.79 Å². The van der Waals surface area contributed by atoms with E-state index in [0.717, 1.165) is 36.7 Å². The van der Waals surface area contributed by atoms with E-state index in [-0.39, 0.29) is 23.0 Å². The fourth-order valence-corrected chi connectivity index (χ4v) is 3.72. The van der Waals surface area contributed by atoms with Crippen LogP contribution in [0.1, 0.15) is 66.2 Å². The highest BCUT2D eigenvalue weighted by Crippen LogP contribution is 2.36. The number of hydroxylamine groups is 2. The van der Waals surface area contributed by atoms with Crippen molar-refractivity contribution >= 4 is 5.91 Å². The van der Waals surface area contributed by atoms with Crippen molar-refractivity contribution in [1.82, 2.24) is 10.4 Å². The summed E-state index contributed by atoms with van der Waals surface area (Å²) in [6.45, 7) is 9.25. The van der Waals surface area contributed by atoms with Gasteiger partial charge in [-0.2, -0.15) is 5.06 Å². The van der Waals surface area contributed by atoms with E-state index in [1.807, 2.05) is 27.7 Å². The van der Waals surface area contributed by atoms with Gasteiger partial charge in [0.2, 0.25) is 5.91 Å². The second kappa shape index (κ2) is 7.49. The van der Waals surface area contributed by atoms with Crippen LogP contribution in [0.5, 0.6) is 0 Å². The molecule has 1 heterocycles. The van der Waals surface area contributed by atoms with Crippen LogP contribution in [0.2, 0.25) is 0 Å². The lowest BCUT2D eigenvalue weighted by Crippen LogP contribution is -2.62. The molecular weight excluding hydrogens is 290 g/mol. The first-order valence-corrected chi connectivity index (χ1v) is 8.93. The fraction of sp³-hybridized carbons (Fsp3) is 0.944. The number of carbonyl (C=O) groups excluding carboxylic acids is 1. The summed E-state index contributed by atoms with van der Waals surface area (Å²) in [5.74, 6) is 0.151. The van der Waals surface area contributed by atoms with Gasteiger partial charge in [-0.05, 0) is 59.8 Å². The quantitative estimate of drug-likeness (QED) is 0.558. The number of amides is 1. The van der Waals surface area contributed by atoms with Gasteiger partial charge in [-0.15, -0.1) is 0 Å². The third-order valence-electron chi connectivity index (χ3n) is 4.74. The Bertz CT molecular complexity index is 382. The molecule has 0 bridgehead atoms. The van der Waals surface area contributed by atoms with Gasteiger partial charge in [0, 0.05) is 23.5 Å². The third-order valence-corrected chi connectivity index (χ3v) is 4.74. The van der Waals surface area contributed by atoms with Crippen molar-refractivity contribution in [2.45, 2.75) is 83.3 Å². The van der Waals surface area contributed by atoms with E-state index >= 15 is 0 Å². The van der Waals surface area contributed by atoms with Crippen LogP contribution in [0.25, 0.3) is 0 Å². The normalized spacial score (nSPS) is 22.1. The number of piperidine rings is 1. The summed E-state index contributed by atoms with van der Waals surface area (Å²) in [5, 5.41) is 14.9. The first-order valence-electron chi connectivity index (χ1n) is 8.93. The first-order chi connectivity index (χ1) is 10.3. The van der Waals surface area contributed by atoms with E-state index in [0.29, 0.717) is 6.42 Å². The van der Waals surface area contributed by atoms with Gasteiger partial charge in [0.25, 0.3) is 0 Å². The van der Waals surface area contributed by atoms with Crippen LogP contribution in [0.4, 0.5) is 0 Å². The van der Waals surface area contributed by atoms with Gasteiger partial charge >= 0.3 is 0 Å². The Kier molecular flexibility index (Phi) is 6.64. The van der Waals surface area contributed by atoms with Crippen LogP contribution < -0.4 is 5.32 Å². The molecule has 1 saturated heterocycles. The number of carbonyl (C=O) groups is 1. The second-order valence-corrected chi connectivity index (χ2v) is 9.43. The highest BCUT2D eigenvalue weighted by molar-refractivity contribution is 5.76. The number of nitrogens with zero attached hydrogens (tertiary/aromatic N) is 2. The van der Waals surface area contributed by atoms with Gasteiger partial charge in [-0.25, -0.2) is 0 Å². The lowest BCUT2D eigenvalue weighted by Gasteiger charge is -2.51. The van der Waals surface area contributed by atoms with Crippen LogP contribution in [0.3, 0.4) is 0 Å². The van der Waals surface area contributed by atoms with Crippen molar-refractivity contribution in [1.29, 1.82) is 0 Å². The second-order valence-electron chi connectivity index (χ2n) is 9.43. The van der Waals surface area contributed by atoms with Gasteiger partial charge in [0.05, 0.1) is 27.7 Å². The molecule has 1 aliphatic heterocycles. The highest BCUT2D eigenvalue weighted by atomic mass is 16.5. The maximum absolute atomic E-state index is 12.2. The number of hydrogen-bond acceptors (Lipinski definition) is 3. The zero-order valence-corrected chi connectivity index (χ0v) is 16.3. The molecule has 0 atom stereocenters.